The zero-order chi connectivity index (χ0) is 24.6. The van der Waals surface area contributed by atoms with Gasteiger partial charge in [-0.15, -0.1) is 10.2 Å². The summed E-state index contributed by atoms with van der Waals surface area (Å²) in [5.74, 6) is -0.0610. The number of nitrogens with zero attached hydrogens (tertiary/aromatic N) is 5. The summed E-state index contributed by atoms with van der Waals surface area (Å²) in [5, 5.41) is 34.0. The molecule has 0 bridgehead atoms. The van der Waals surface area contributed by atoms with Crippen molar-refractivity contribution in [1.82, 2.24) is 9.55 Å². The molecule has 36 heavy (non-hydrogen) atoms. The Morgan fingerprint density at radius 2 is 1.39 bits per heavy atom. The molecule has 6 aromatic rings. The zero-order valence-corrected chi connectivity index (χ0v) is 18.9. The maximum atomic E-state index is 11.2. The van der Waals surface area contributed by atoms with Gasteiger partial charge in [0, 0.05) is 28.3 Å². The Morgan fingerprint density at radius 3 is 2.08 bits per heavy atom. The van der Waals surface area contributed by atoms with Crippen LogP contribution in [0.4, 0.5) is 17.1 Å². The number of benzene rings is 4. The maximum Gasteiger partial charge on any atom is 0.269 e. The van der Waals surface area contributed by atoms with E-state index in [1.807, 2.05) is 72.8 Å². The van der Waals surface area contributed by atoms with Crippen LogP contribution in [0.25, 0.3) is 32.7 Å². The molecule has 8 heteroatoms. The Balaban J connectivity index is 1.50. The van der Waals surface area contributed by atoms with Crippen LogP contribution in [-0.4, -0.2) is 19.6 Å². The van der Waals surface area contributed by atoms with Crippen molar-refractivity contribution in [2.75, 3.05) is 0 Å². The van der Waals surface area contributed by atoms with Crippen LogP contribution in [0.5, 0.6) is 5.88 Å². The van der Waals surface area contributed by atoms with Gasteiger partial charge in [-0.2, -0.15) is 0 Å². The lowest BCUT2D eigenvalue weighted by Crippen LogP contribution is -1.99. The van der Waals surface area contributed by atoms with Crippen molar-refractivity contribution >= 4 is 49.8 Å². The fourth-order valence-electron chi connectivity index (χ4n) is 4.51. The summed E-state index contributed by atoms with van der Waals surface area (Å²) < 4.78 is 1.69. The van der Waals surface area contributed by atoms with Gasteiger partial charge < -0.3 is 9.67 Å². The predicted molar refractivity (Wildman–Crippen MR) is 139 cm³/mol. The lowest BCUT2D eigenvalue weighted by Gasteiger charge is -2.07. The first-order chi connectivity index (χ1) is 17.6. The Hall–Kier alpha value is -5.11. The largest absolute Gasteiger partial charge is 0.493 e. The van der Waals surface area contributed by atoms with Crippen molar-refractivity contribution in [3.05, 3.63) is 113 Å². The van der Waals surface area contributed by atoms with Gasteiger partial charge in [0.1, 0.15) is 5.69 Å². The SMILES string of the molecule is O=[N+]([O-])c1cccc(Cn2c(O)c(N=Nc3c4ccccc4nc4ccccc34)c3ccccc32)c1. The first-order valence-corrected chi connectivity index (χ1v) is 11.3. The normalized spacial score (nSPS) is 11.7. The molecule has 0 saturated carbocycles. The molecule has 0 unspecified atom stereocenters. The number of para-hydroxylation sites is 3. The first kappa shape index (κ1) is 21.4. The molecule has 0 spiro atoms. The Labute approximate surface area is 204 Å². The van der Waals surface area contributed by atoms with Gasteiger partial charge in [-0.05, 0) is 23.8 Å². The number of fused-ring (bicyclic) bond motifs is 3. The molecule has 2 aromatic heterocycles. The van der Waals surface area contributed by atoms with Gasteiger partial charge in [-0.1, -0.05) is 66.7 Å². The van der Waals surface area contributed by atoms with Crippen LogP contribution in [0.15, 0.2) is 107 Å². The van der Waals surface area contributed by atoms with Crippen LogP contribution in [-0.2, 0) is 6.54 Å². The topological polar surface area (TPSA) is 106 Å². The summed E-state index contributed by atoms with van der Waals surface area (Å²) in [5.41, 5.74) is 4.06. The fraction of sp³-hybridized carbons (Fsp3) is 0.0357. The number of pyridine rings is 1. The first-order valence-electron chi connectivity index (χ1n) is 11.3. The molecule has 6 rings (SSSR count). The molecule has 4 aromatic carbocycles. The van der Waals surface area contributed by atoms with E-state index in [1.54, 1.807) is 16.7 Å². The Kier molecular flexibility index (Phi) is 5.11. The highest BCUT2D eigenvalue weighted by atomic mass is 16.6. The Morgan fingerprint density at radius 1 is 0.778 bits per heavy atom. The molecule has 0 radical (unpaired) electrons. The monoisotopic (exact) mass is 473 g/mol. The van der Waals surface area contributed by atoms with E-state index in [4.69, 9.17) is 4.98 Å². The fourth-order valence-corrected chi connectivity index (χ4v) is 4.51. The van der Waals surface area contributed by atoms with Crippen molar-refractivity contribution in [2.24, 2.45) is 10.2 Å². The second kappa shape index (κ2) is 8.59. The van der Waals surface area contributed by atoms with Crippen LogP contribution in [0.3, 0.4) is 0 Å². The quantitative estimate of drug-likeness (QED) is 0.122. The standard InChI is InChI=1S/C28H19N5O3/c34-28-27(31-30-26-20-10-1-4-13-23(20)29-24-14-5-2-11-21(24)26)22-12-3-6-15-25(22)32(28)17-18-8-7-9-19(16-18)33(35)36/h1-16,34H,17H2. The molecule has 0 amide bonds. The zero-order valence-electron chi connectivity index (χ0n) is 18.9. The van der Waals surface area contributed by atoms with Crippen LogP contribution in [0.1, 0.15) is 5.56 Å². The molecule has 174 valence electrons. The van der Waals surface area contributed by atoms with Crippen molar-refractivity contribution < 1.29 is 10.0 Å². The van der Waals surface area contributed by atoms with Gasteiger partial charge in [0.15, 0.2) is 5.69 Å². The van der Waals surface area contributed by atoms with Gasteiger partial charge in [0.25, 0.3) is 5.69 Å². The minimum absolute atomic E-state index is 0.000180. The average molecular weight is 473 g/mol. The summed E-state index contributed by atoms with van der Waals surface area (Å²) in [7, 11) is 0. The molecule has 1 N–H and O–H groups in total. The van der Waals surface area contributed by atoms with Gasteiger partial charge in [0.2, 0.25) is 5.88 Å². The van der Waals surface area contributed by atoms with Crippen molar-refractivity contribution in [2.45, 2.75) is 6.54 Å². The maximum absolute atomic E-state index is 11.2. The number of hydrogen-bond donors (Lipinski definition) is 1. The third-order valence-electron chi connectivity index (χ3n) is 6.19. The molecule has 0 aliphatic rings. The molecule has 2 heterocycles. The molecule has 8 nitrogen and oxygen atoms in total. The second-order valence-electron chi connectivity index (χ2n) is 8.40. The minimum atomic E-state index is -0.430. The number of nitro groups is 1. The number of azo groups is 1. The van der Waals surface area contributed by atoms with Gasteiger partial charge in [-0.3, -0.25) is 10.1 Å². The molecule has 0 fully saturated rings. The summed E-state index contributed by atoms with van der Waals surface area (Å²) in [6, 6.07) is 29.4. The number of rotatable bonds is 5. The van der Waals surface area contributed by atoms with E-state index >= 15 is 0 Å². The smallest absolute Gasteiger partial charge is 0.269 e. The number of aromatic hydroxyl groups is 1. The summed E-state index contributed by atoms with van der Waals surface area (Å²) >= 11 is 0. The summed E-state index contributed by atoms with van der Waals surface area (Å²) in [4.78, 5) is 15.5. The highest BCUT2D eigenvalue weighted by molar-refractivity contribution is 6.06. The third-order valence-corrected chi connectivity index (χ3v) is 6.19. The second-order valence-corrected chi connectivity index (χ2v) is 8.40. The number of hydrogen-bond acceptors (Lipinski definition) is 6. The van der Waals surface area contributed by atoms with E-state index in [0.717, 1.165) is 32.7 Å². The van der Waals surface area contributed by atoms with E-state index in [1.165, 1.54) is 12.1 Å². The lowest BCUT2D eigenvalue weighted by atomic mass is 10.1. The third kappa shape index (κ3) is 3.61. The molecule has 0 aliphatic heterocycles. The highest BCUT2D eigenvalue weighted by Crippen LogP contribution is 2.41. The number of aromatic nitrogens is 2. The van der Waals surface area contributed by atoms with Gasteiger partial charge in [-0.25, -0.2) is 4.98 Å². The van der Waals surface area contributed by atoms with Crippen molar-refractivity contribution in [1.29, 1.82) is 0 Å². The molecular weight excluding hydrogens is 454 g/mol. The molecule has 0 saturated heterocycles. The highest BCUT2D eigenvalue weighted by Gasteiger charge is 2.18. The van der Waals surface area contributed by atoms with Crippen LogP contribution < -0.4 is 0 Å². The number of non-ortho nitro benzene ring substituents is 1. The van der Waals surface area contributed by atoms with E-state index in [2.05, 4.69) is 10.2 Å². The minimum Gasteiger partial charge on any atom is -0.493 e. The van der Waals surface area contributed by atoms with Crippen LogP contribution >= 0.6 is 0 Å². The van der Waals surface area contributed by atoms with Crippen molar-refractivity contribution in [3.63, 3.8) is 0 Å². The van der Waals surface area contributed by atoms with Gasteiger partial charge >= 0.3 is 0 Å². The lowest BCUT2D eigenvalue weighted by molar-refractivity contribution is -0.384. The van der Waals surface area contributed by atoms with E-state index < -0.39 is 4.92 Å². The van der Waals surface area contributed by atoms with Crippen LogP contribution in [0.2, 0.25) is 0 Å². The molecule has 0 atom stereocenters. The van der Waals surface area contributed by atoms with E-state index in [-0.39, 0.29) is 18.1 Å². The average Bonchev–Trinajstić information content (AvgIpc) is 3.17. The van der Waals surface area contributed by atoms with Crippen molar-refractivity contribution in [3.8, 4) is 5.88 Å². The Bertz CT molecular complexity index is 1770. The van der Waals surface area contributed by atoms with Gasteiger partial charge in [0.05, 0.1) is 28.0 Å². The van der Waals surface area contributed by atoms with E-state index in [9.17, 15) is 15.2 Å². The number of nitro benzene ring substituents is 1. The molecule has 0 aliphatic carbocycles. The molecular formula is C28H19N5O3. The van der Waals surface area contributed by atoms with E-state index in [0.29, 0.717) is 16.9 Å². The predicted octanol–water partition coefficient (Wildman–Crippen LogP) is 7.42. The summed E-state index contributed by atoms with van der Waals surface area (Å²) in [6.07, 6.45) is 0. The summed E-state index contributed by atoms with van der Waals surface area (Å²) in [6.45, 7) is 0.241. The van der Waals surface area contributed by atoms with Crippen LogP contribution in [0, 0.1) is 10.1 Å².